The van der Waals surface area contributed by atoms with Crippen LogP contribution < -0.4 is 5.32 Å². The lowest BCUT2D eigenvalue weighted by Crippen LogP contribution is -2.36. The van der Waals surface area contributed by atoms with Crippen LogP contribution in [0.25, 0.3) is 11.8 Å². The lowest BCUT2D eigenvalue weighted by Gasteiger charge is -2.22. The van der Waals surface area contributed by atoms with Gasteiger partial charge in [0.05, 0.1) is 5.69 Å². The molecule has 140 valence electrons. The van der Waals surface area contributed by atoms with Crippen LogP contribution >= 0.6 is 15.9 Å². The van der Waals surface area contributed by atoms with Crippen molar-refractivity contribution >= 4 is 27.9 Å². The predicted octanol–water partition coefficient (Wildman–Crippen LogP) is 5.21. The third-order valence-electron chi connectivity index (χ3n) is 5.17. The van der Waals surface area contributed by atoms with Crippen LogP contribution in [0.1, 0.15) is 49.1 Å². The molecular formula is C22H24BrN3O. The van der Waals surface area contributed by atoms with E-state index >= 15 is 0 Å². The van der Waals surface area contributed by atoms with E-state index in [-0.39, 0.29) is 17.5 Å². The van der Waals surface area contributed by atoms with Gasteiger partial charge in [-0.15, -0.1) is 0 Å². The molecule has 1 saturated carbocycles. The molecule has 0 unspecified atom stereocenters. The highest BCUT2D eigenvalue weighted by atomic mass is 79.9. The molecule has 1 N–H and O–H groups in total. The van der Waals surface area contributed by atoms with Crippen LogP contribution in [0.2, 0.25) is 0 Å². The molecule has 1 fully saturated rings. The number of aryl methyl sites for hydroxylation is 1. The summed E-state index contributed by atoms with van der Waals surface area (Å²) in [5.74, 6) is -0.268. The third-order valence-corrected chi connectivity index (χ3v) is 5.84. The minimum Gasteiger partial charge on any atom is -0.349 e. The number of hydrogen-bond acceptors (Lipinski definition) is 2. The maximum absolute atomic E-state index is 12.6. The van der Waals surface area contributed by atoms with Crippen molar-refractivity contribution in [2.45, 2.75) is 52.0 Å². The fourth-order valence-electron chi connectivity index (χ4n) is 3.75. The van der Waals surface area contributed by atoms with E-state index in [4.69, 9.17) is 0 Å². The fraction of sp³-hybridized carbons (Fsp3) is 0.364. The molecule has 1 aliphatic rings. The first-order chi connectivity index (χ1) is 13.0. The summed E-state index contributed by atoms with van der Waals surface area (Å²) >= 11 is 3.60. The zero-order valence-corrected chi connectivity index (χ0v) is 17.3. The van der Waals surface area contributed by atoms with Gasteiger partial charge in [0.2, 0.25) is 0 Å². The van der Waals surface area contributed by atoms with Crippen molar-refractivity contribution in [2.75, 3.05) is 0 Å². The molecule has 1 heterocycles. The Balaban J connectivity index is 1.89. The molecule has 27 heavy (non-hydrogen) atoms. The zero-order valence-electron chi connectivity index (χ0n) is 15.8. The molecule has 1 amide bonds. The van der Waals surface area contributed by atoms with Gasteiger partial charge >= 0.3 is 0 Å². The maximum atomic E-state index is 12.6. The number of amides is 1. The molecular weight excluding hydrogens is 402 g/mol. The summed E-state index contributed by atoms with van der Waals surface area (Å²) < 4.78 is 3.13. The Hall–Kier alpha value is -2.32. The largest absolute Gasteiger partial charge is 0.349 e. The molecule has 1 aliphatic carbocycles. The Morgan fingerprint density at radius 1 is 1.26 bits per heavy atom. The third kappa shape index (κ3) is 4.33. The summed E-state index contributed by atoms with van der Waals surface area (Å²) in [6.07, 6.45) is 7.22. The first-order valence-electron chi connectivity index (χ1n) is 9.37. The number of carbonyl (C=O) groups excluding carboxylic acids is 1. The average molecular weight is 426 g/mol. The number of nitriles is 1. The lowest BCUT2D eigenvalue weighted by atomic mass is 9.95. The van der Waals surface area contributed by atoms with Gasteiger partial charge in [-0.05, 0) is 72.5 Å². The van der Waals surface area contributed by atoms with Crippen molar-refractivity contribution in [1.29, 1.82) is 5.26 Å². The molecule has 0 saturated heterocycles. The second kappa shape index (κ2) is 8.58. The van der Waals surface area contributed by atoms with Gasteiger partial charge in [0, 0.05) is 21.9 Å². The van der Waals surface area contributed by atoms with Gasteiger partial charge in [0.1, 0.15) is 11.6 Å². The molecule has 0 radical (unpaired) electrons. The Labute approximate surface area is 169 Å². The summed E-state index contributed by atoms with van der Waals surface area (Å²) in [6, 6.07) is 12.3. The topological polar surface area (TPSA) is 57.8 Å². The Bertz CT molecular complexity index is 914. The van der Waals surface area contributed by atoms with Gasteiger partial charge in [-0.3, -0.25) is 4.79 Å². The minimum absolute atomic E-state index is 0.160. The number of benzene rings is 1. The molecule has 4 nitrogen and oxygen atoms in total. The first-order valence-corrected chi connectivity index (χ1v) is 10.2. The van der Waals surface area contributed by atoms with Crippen LogP contribution in [0.3, 0.4) is 0 Å². The number of hydrogen-bond donors (Lipinski definition) is 1. The number of nitrogens with one attached hydrogen (secondary N) is 1. The van der Waals surface area contributed by atoms with Crippen LogP contribution in [0.4, 0.5) is 0 Å². The number of rotatable bonds is 4. The van der Waals surface area contributed by atoms with E-state index < -0.39 is 0 Å². The van der Waals surface area contributed by atoms with Gasteiger partial charge in [0.25, 0.3) is 5.91 Å². The van der Waals surface area contributed by atoms with E-state index in [0.29, 0.717) is 0 Å². The highest BCUT2D eigenvalue weighted by Crippen LogP contribution is 2.27. The average Bonchev–Trinajstić information content (AvgIpc) is 2.94. The number of para-hydroxylation sites is 1. The van der Waals surface area contributed by atoms with Crippen LogP contribution in [0, 0.1) is 25.2 Å². The van der Waals surface area contributed by atoms with Gasteiger partial charge in [0.15, 0.2) is 0 Å². The molecule has 0 spiro atoms. The summed E-state index contributed by atoms with van der Waals surface area (Å²) in [5, 5.41) is 12.5. The van der Waals surface area contributed by atoms with Crippen molar-refractivity contribution < 1.29 is 4.79 Å². The molecule has 2 aromatic rings. The van der Waals surface area contributed by atoms with Crippen molar-refractivity contribution in [1.82, 2.24) is 9.88 Å². The highest BCUT2D eigenvalue weighted by Gasteiger charge is 2.19. The minimum atomic E-state index is -0.268. The van der Waals surface area contributed by atoms with E-state index in [1.165, 1.54) is 6.42 Å². The second-order valence-electron chi connectivity index (χ2n) is 7.09. The van der Waals surface area contributed by atoms with E-state index in [1.54, 1.807) is 6.08 Å². The first kappa shape index (κ1) is 19.4. The molecule has 0 atom stereocenters. The van der Waals surface area contributed by atoms with Gasteiger partial charge in [-0.25, -0.2) is 0 Å². The van der Waals surface area contributed by atoms with E-state index in [0.717, 1.165) is 52.8 Å². The van der Waals surface area contributed by atoms with Crippen molar-refractivity contribution in [3.8, 4) is 11.8 Å². The predicted molar refractivity (Wildman–Crippen MR) is 112 cm³/mol. The van der Waals surface area contributed by atoms with Gasteiger partial charge in [-0.1, -0.05) is 31.4 Å². The number of carbonyl (C=O) groups is 1. The Morgan fingerprint density at radius 3 is 2.63 bits per heavy atom. The van der Waals surface area contributed by atoms with Crippen molar-refractivity contribution in [2.24, 2.45) is 0 Å². The number of nitrogens with zero attached hydrogens (tertiary/aromatic N) is 2. The lowest BCUT2D eigenvalue weighted by molar-refractivity contribution is -0.117. The normalized spacial score (nSPS) is 15.4. The van der Waals surface area contributed by atoms with E-state index in [1.807, 2.05) is 44.2 Å². The van der Waals surface area contributed by atoms with Crippen LogP contribution in [0.5, 0.6) is 0 Å². The number of aromatic nitrogens is 1. The summed E-state index contributed by atoms with van der Waals surface area (Å²) in [4.78, 5) is 12.6. The monoisotopic (exact) mass is 425 g/mol. The Morgan fingerprint density at radius 2 is 1.96 bits per heavy atom. The molecule has 0 bridgehead atoms. The van der Waals surface area contributed by atoms with Crippen molar-refractivity contribution in [3.05, 3.63) is 57.3 Å². The second-order valence-corrected chi connectivity index (χ2v) is 7.95. The van der Waals surface area contributed by atoms with Gasteiger partial charge in [-0.2, -0.15) is 5.26 Å². The standard InChI is InChI=1S/C22H24BrN3O/c1-15-12-17(16(2)26(15)21-11-7-6-10-20(21)23)13-18(14-24)22(27)25-19-8-4-3-5-9-19/h6-7,10-13,19H,3-5,8-9H2,1-2H3,(H,25,27)/b18-13-. The van der Waals surface area contributed by atoms with E-state index in [2.05, 4.69) is 31.9 Å². The molecule has 0 aliphatic heterocycles. The fourth-order valence-corrected chi connectivity index (χ4v) is 4.21. The highest BCUT2D eigenvalue weighted by molar-refractivity contribution is 9.10. The van der Waals surface area contributed by atoms with Crippen LogP contribution in [0.15, 0.2) is 40.4 Å². The summed E-state index contributed by atoms with van der Waals surface area (Å²) in [6.45, 7) is 4.03. The quantitative estimate of drug-likeness (QED) is 0.539. The maximum Gasteiger partial charge on any atom is 0.262 e. The van der Waals surface area contributed by atoms with E-state index in [9.17, 15) is 10.1 Å². The zero-order chi connectivity index (χ0) is 19.4. The Kier molecular flexibility index (Phi) is 6.18. The number of halogens is 1. The summed E-state index contributed by atoms with van der Waals surface area (Å²) in [5.41, 5.74) is 4.14. The smallest absolute Gasteiger partial charge is 0.262 e. The SMILES string of the molecule is Cc1cc(/C=C(/C#N)C(=O)NC2CCCCC2)c(C)n1-c1ccccc1Br. The molecule has 5 heteroatoms. The molecule has 1 aromatic heterocycles. The molecule has 1 aromatic carbocycles. The molecule has 3 rings (SSSR count). The van der Waals surface area contributed by atoms with Crippen LogP contribution in [-0.2, 0) is 4.79 Å². The summed E-state index contributed by atoms with van der Waals surface area (Å²) in [7, 11) is 0. The van der Waals surface area contributed by atoms with Crippen LogP contribution in [-0.4, -0.2) is 16.5 Å². The van der Waals surface area contributed by atoms with Crippen molar-refractivity contribution in [3.63, 3.8) is 0 Å². The van der Waals surface area contributed by atoms with Gasteiger partial charge < -0.3 is 9.88 Å².